The predicted octanol–water partition coefficient (Wildman–Crippen LogP) is 2.11. The lowest BCUT2D eigenvalue weighted by atomic mass is 10.0. The van der Waals surface area contributed by atoms with Crippen LogP contribution >= 0.6 is 0 Å². The number of aromatic nitrogens is 1. The molecule has 0 radical (unpaired) electrons. The topological polar surface area (TPSA) is 56.9 Å². The summed E-state index contributed by atoms with van der Waals surface area (Å²) >= 11 is 0. The van der Waals surface area contributed by atoms with Gasteiger partial charge in [0.1, 0.15) is 0 Å². The molecular formula is C13H10N2O. The Morgan fingerprint density at radius 2 is 1.88 bits per heavy atom. The van der Waals surface area contributed by atoms with E-state index < -0.39 is 0 Å². The monoisotopic (exact) mass is 210 g/mol. The Kier molecular flexibility index (Phi) is 2.95. The van der Waals surface area contributed by atoms with E-state index in [1.807, 2.05) is 18.2 Å². The third kappa shape index (κ3) is 2.08. The zero-order valence-electron chi connectivity index (χ0n) is 8.59. The minimum Gasteiger partial charge on any atom is -0.392 e. The molecule has 0 unspecified atom stereocenters. The highest BCUT2D eigenvalue weighted by atomic mass is 16.3. The van der Waals surface area contributed by atoms with Gasteiger partial charge in [0, 0.05) is 18.0 Å². The van der Waals surface area contributed by atoms with Crippen LogP contribution in [-0.2, 0) is 6.61 Å². The maximum absolute atomic E-state index is 9.01. The quantitative estimate of drug-likeness (QED) is 0.825. The molecule has 0 atom stereocenters. The van der Waals surface area contributed by atoms with E-state index in [1.165, 1.54) is 0 Å². The zero-order valence-corrected chi connectivity index (χ0v) is 8.59. The van der Waals surface area contributed by atoms with Crippen molar-refractivity contribution in [3.05, 3.63) is 53.9 Å². The van der Waals surface area contributed by atoms with Crippen molar-refractivity contribution in [1.29, 1.82) is 5.26 Å². The average Bonchev–Trinajstić information content (AvgIpc) is 2.39. The first-order valence-corrected chi connectivity index (χ1v) is 4.89. The highest BCUT2D eigenvalue weighted by Gasteiger charge is 1.99. The van der Waals surface area contributed by atoms with Gasteiger partial charge in [-0.25, -0.2) is 0 Å². The summed E-state index contributed by atoms with van der Waals surface area (Å²) in [6, 6.07) is 11.2. The maximum Gasteiger partial charge on any atom is 0.0991 e. The fourth-order valence-electron chi connectivity index (χ4n) is 1.47. The summed E-state index contributed by atoms with van der Waals surface area (Å²) in [6.07, 6.45) is 3.37. The summed E-state index contributed by atoms with van der Waals surface area (Å²) in [5.41, 5.74) is 3.34. The Morgan fingerprint density at radius 3 is 2.50 bits per heavy atom. The predicted molar refractivity (Wildman–Crippen MR) is 60.3 cm³/mol. The molecule has 0 bridgehead atoms. The smallest absolute Gasteiger partial charge is 0.0991 e. The number of rotatable bonds is 2. The number of hydrogen-bond donors (Lipinski definition) is 1. The average molecular weight is 210 g/mol. The number of aliphatic hydroxyl groups is 1. The molecule has 16 heavy (non-hydrogen) atoms. The Hall–Kier alpha value is -2.18. The first-order chi connectivity index (χ1) is 7.83. The fourth-order valence-corrected chi connectivity index (χ4v) is 1.47. The molecule has 0 aliphatic carbocycles. The van der Waals surface area contributed by atoms with Crippen molar-refractivity contribution >= 4 is 0 Å². The third-order valence-corrected chi connectivity index (χ3v) is 2.32. The van der Waals surface area contributed by atoms with Crippen LogP contribution in [0.15, 0.2) is 42.7 Å². The van der Waals surface area contributed by atoms with Gasteiger partial charge in [0.2, 0.25) is 0 Å². The lowest BCUT2D eigenvalue weighted by molar-refractivity contribution is 0.281. The molecule has 1 aromatic carbocycles. The van der Waals surface area contributed by atoms with Crippen molar-refractivity contribution in [1.82, 2.24) is 4.98 Å². The van der Waals surface area contributed by atoms with Crippen LogP contribution in [0.4, 0.5) is 0 Å². The van der Waals surface area contributed by atoms with Gasteiger partial charge in [0.25, 0.3) is 0 Å². The second-order valence-electron chi connectivity index (χ2n) is 3.43. The molecule has 1 N–H and O–H groups in total. The SMILES string of the molecule is N#Cc1ccc(-c2cncc(CO)c2)cc1. The molecule has 0 aliphatic rings. The van der Waals surface area contributed by atoms with Crippen LogP contribution in [0.5, 0.6) is 0 Å². The van der Waals surface area contributed by atoms with E-state index in [0.717, 1.165) is 16.7 Å². The molecule has 2 aromatic rings. The lowest BCUT2D eigenvalue weighted by Gasteiger charge is -2.02. The molecule has 3 heteroatoms. The molecular weight excluding hydrogens is 200 g/mol. The highest BCUT2D eigenvalue weighted by molar-refractivity contribution is 5.63. The number of benzene rings is 1. The lowest BCUT2D eigenvalue weighted by Crippen LogP contribution is -1.87. The number of hydrogen-bond acceptors (Lipinski definition) is 3. The van der Waals surface area contributed by atoms with Crippen LogP contribution in [0.3, 0.4) is 0 Å². The minimum atomic E-state index is -0.0167. The van der Waals surface area contributed by atoms with E-state index in [2.05, 4.69) is 11.1 Å². The van der Waals surface area contributed by atoms with Crippen molar-refractivity contribution < 1.29 is 5.11 Å². The second kappa shape index (κ2) is 4.56. The van der Waals surface area contributed by atoms with Gasteiger partial charge < -0.3 is 5.11 Å². The Labute approximate surface area is 93.6 Å². The molecule has 0 amide bonds. The Bertz CT molecular complexity index is 526. The highest BCUT2D eigenvalue weighted by Crippen LogP contribution is 2.19. The third-order valence-electron chi connectivity index (χ3n) is 2.32. The summed E-state index contributed by atoms with van der Waals surface area (Å²) in [5.74, 6) is 0. The van der Waals surface area contributed by atoms with Crippen LogP contribution < -0.4 is 0 Å². The van der Waals surface area contributed by atoms with Crippen molar-refractivity contribution in [2.45, 2.75) is 6.61 Å². The van der Waals surface area contributed by atoms with Crippen molar-refractivity contribution in [3.63, 3.8) is 0 Å². The molecule has 2 rings (SSSR count). The summed E-state index contributed by atoms with van der Waals surface area (Å²) < 4.78 is 0. The zero-order chi connectivity index (χ0) is 11.4. The standard InChI is InChI=1S/C13H10N2O/c14-6-10-1-3-12(4-2-10)13-5-11(9-16)7-15-8-13/h1-5,7-8,16H,9H2. The van der Waals surface area contributed by atoms with Gasteiger partial charge in [-0.2, -0.15) is 5.26 Å². The van der Waals surface area contributed by atoms with Gasteiger partial charge in [-0.3, -0.25) is 4.98 Å². The van der Waals surface area contributed by atoms with Gasteiger partial charge in [-0.1, -0.05) is 12.1 Å². The fraction of sp³-hybridized carbons (Fsp3) is 0.0769. The van der Waals surface area contributed by atoms with E-state index in [1.54, 1.807) is 24.5 Å². The van der Waals surface area contributed by atoms with E-state index in [4.69, 9.17) is 10.4 Å². The van der Waals surface area contributed by atoms with Crippen LogP contribution in [0.25, 0.3) is 11.1 Å². The molecule has 0 spiro atoms. The van der Waals surface area contributed by atoms with Crippen molar-refractivity contribution in [3.8, 4) is 17.2 Å². The Balaban J connectivity index is 2.39. The van der Waals surface area contributed by atoms with Crippen LogP contribution in [0, 0.1) is 11.3 Å². The largest absolute Gasteiger partial charge is 0.392 e. The first kappa shape index (κ1) is 10.3. The molecule has 78 valence electrons. The number of nitrogens with zero attached hydrogens (tertiary/aromatic N) is 2. The number of pyridine rings is 1. The van der Waals surface area contributed by atoms with E-state index in [9.17, 15) is 0 Å². The minimum absolute atomic E-state index is 0.0167. The van der Waals surface area contributed by atoms with Gasteiger partial charge in [0.05, 0.1) is 18.2 Å². The molecule has 0 fully saturated rings. The van der Waals surface area contributed by atoms with Crippen molar-refractivity contribution in [2.24, 2.45) is 0 Å². The molecule has 3 nitrogen and oxygen atoms in total. The summed E-state index contributed by atoms with van der Waals surface area (Å²) in [5, 5.41) is 17.7. The van der Waals surface area contributed by atoms with Gasteiger partial charge in [-0.15, -0.1) is 0 Å². The van der Waals surface area contributed by atoms with Gasteiger partial charge >= 0.3 is 0 Å². The molecule has 0 saturated heterocycles. The summed E-state index contributed by atoms with van der Waals surface area (Å²) in [4.78, 5) is 4.05. The molecule has 0 aliphatic heterocycles. The first-order valence-electron chi connectivity index (χ1n) is 4.89. The van der Waals surface area contributed by atoms with Crippen LogP contribution in [-0.4, -0.2) is 10.1 Å². The normalized spacial score (nSPS) is 9.75. The van der Waals surface area contributed by atoms with E-state index in [0.29, 0.717) is 5.56 Å². The van der Waals surface area contributed by atoms with Gasteiger partial charge in [-0.05, 0) is 29.3 Å². The summed E-state index contributed by atoms with van der Waals surface area (Å²) in [7, 11) is 0. The van der Waals surface area contributed by atoms with E-state index in [-0.39, 0.29) is 6.61 Å². The van der Waals surface area contributed by atoms with Gasteiger partial charge in [0.15, 0.2) is 0 Å². The van der Waals surface area contributed by atoms with Crippen LogP contribution in [0.2, 0.25) is 0 Å². The number of nitriles is 1. The maximum atomic E-state index is 9.01. The molecule has 1 aromatic heterocycles. The van der Waals surface area contributed by atoms with Crippen molar-refractivity contribution in [2.75, 3.05) is 0 Å². The van der Waals surface area contributed by atoms with Crippen LogP contribution in [0.1, 0.15) is 11.1 Å². The Morgan fingerprint density at radius 1 is 1.12 bits per heavy atom. The molecule has 1 heterocycles. The molecule has 0 saturated carbocycles. The number of aliphatic hydroxyl groups excluding tert-OH is 1. The van der Waals surface area contributed by atoms with E-state index >= 15 is 0 Å². The second-order valence-corrected chi connectivity index (χ2v) is 3.43. The summed E-state index contributed by atoms with van der Waals surface area (Å²) in [6.45, 7) is -0.0167.